The summed E-state index contributed by atoms with van der Waals surface area (Å²) in [7, 11) is 0. The highest BCUT2D eigenvalue weighted by atomic mass is 79.9. The van der Waals surface area contributed by atoms with E-state index in [1.165, 1.54) is 22.0 Å². The van der Waals surface area contributed by atoms with E-state index in [0.717, 1.165) is 10.0 Å². The molecule has 0 bridgehead atoms. The number of ether oxygens (including phenoxy) is 1. The Kier molecular flexibility index (Phi) is 6.37. The molecule has 2 heterocycles. The van der Waals surface area contributed by atoms with Gasteiger partial charge in [-0.05, 0) is 55.8 Å². The van der Waals surface area contributed by atoms with E-state index in [1.807, 2.05) is 24.3 Å². The Labute approximate surface area is 200 Å². The number of aromatic nitrogens is 1. The molecule has 1 aliphatic heterocycles. The van der Waals surface area contributed by atoms with Crippen molar-refractivity contribution in [3.63, 3.8) is 0 Å². The maximum absolute atomic E-state index is 13.5. The van der Waals surface area contributed by atoms with Crippen molar-refractivity contribution in [3.05, 3.63) is 94.0 Å². The zero-order valence-corrected chi connectivity index (χ0v) is 20.3. The van der Waals surface area contributed by atoms with Crippen molar-refractivity contribution in [2.24, 2.45) is 4.99 Å². The summed E-state index contributed by atoms with van der Waals surface area (Å²) in [5.41, 5.74) is 1.66. The first-order valence-corrected chi connectivity index (χ1v) is 11.7. The van der Waals surface area contributed by atoms with Gasteiger partial charge in [-0.15, -0.1) is 0 Å². The number of hydrogen-bond acceptors (Lipinski definition) is 6. The Balaban J connectivity index is 1.97. The lowest BCUT2D eigenvalue weighted by atomic mass is 9.96. The Bertz CT molecular complexity index is 1420. The second-order valence-electron chi connectivity index (χ2n) is 7.06. The van der Waals surface area contributed by atoms with Crippen LogP contribution in [0.15, 0.2) is 68.0 Å². The zero-order chi connectivity index (χ0) is 23.0. The average Bonchev–Trinajstić information content (AvgIpc) is 3.05. The van der Waals surface area contributed by atoms with Crippen LogP contribution >= 0.6 is 38.9 Å². The highest BCUT2D eigenvalue weighted by Gasteiger charge is 2.33. The number of benzene rings is 2. The molecule has 0 fully saturated rings. The number of phenolic OH excluding ortho intramolecular Hbond substituents is 1. The SMILES string of the molecule is CCOC(=O)C1=C(C)N=c2s/c(=C\c3cc(Cl)ccc3O)c(=O)n2C1c1ccc(Br)cc1. The molecular formula is C23H18BrClN2O4S. The van der Waals surface area contributed by atoms with Crippen molar-refractivity contribution < 1.29 is 14.6 Å². The third-order valence-electron chi connectivity index (χ3n) is 4.98. The minimum absolute atomic E-state index is 0.00749. The molecule has 0 spiro atoms. The third kappa shape index (κ3) is 4.18. The van der Waals surface area contributed by atoms with Crippen LogP contribution in [0.25, 0.3) is 6.08 Å². The molecular weight excluding hydrogens is 516 g/mol. The second kappa shape index (κ2) is 9.05. The van der Waals surface area contributed by atoms with Gasteiger partial charge < -0.3 is 9.84 Å². The number of allylic oxidation sites excluding steroid dienone is 1. The van der Waals surface area contributed by atoms with Gasteiger partial charge in [0.1, 0.15) is 5.75 Å². The van der Waals surface area contributed by atoms with Gasteiger partial charge >= 0.3 is 5.97 Å². The van der Waals surface area contributed by atoms with Crippen LogP contribution in [0.1, 0.15) is 31.0 Å². The summed E-state index contributed by atoms with van der Waals surface area (Å²) in [6.45, 7) is 3.67. The first kappa shape index (κ1) is 22.5. The lowest BCUT2D eigenvalue weighted by Gasteiger charge is -2.24. The topological polar surface area (TPSA) is 80.9 Å². The Morgan fingerprint density at radius 2 is 2.03 bits per heavy atom. The molecule has 0 saturated heterocycles. The fourth-order valence-electron chi connectivity index (χ4n) is 3.53. The van der Waals surface area contributed by atoms with Crippen LogP contribution in [0.2, 0.25) is 5.02 Å². The van der Waals surface area contributed by atoms with Crippen LogP contribution in [0, 0.1) is 0 Å². The summed E-state index contributed by atoms with van der Waals surface area (Å²) >= 11 is 10.7. The van der Waals surface area contributed by atoms with Crippen LogP contribution in [-0.4, -0.2) is 22.2 Å². The number of esters is 1. The molecule has 9 heteroatoms. The van der Waals surface area contributed by atoms with E-state index in [9.17, 15) is 14.7 Å². The first-order valence-electron chi connectivity index (χ1n) is 9.73. The number of fused-ring (bicyclic) bond motifs is 1. The van der Waals surface area contributed by atoms with E-state index in [1.54, 1.807) is 32.1 Å². The van der Waals surface area contributed by atoms with Crippen molar-refractivity contribution in [2.75, 3.05) is 6.61 Å². The van der Waals surface area contributed by atoms with E-state index >= 15 is 0 Å². The number of halogens is 2. The van der Waals surface area contributed by atoms with E-state index < -0.39 is 12.0 Å². The zero-order valence-electron chi connectivity index (χ0n) is 17.1. The minimum Gasteiger partial charge on any atom is -0.507 e. The molecule has 1 atom stereocenters. The van der Waals surface area contributed by atoms with Gasteiger partial charge in [-0.2, -0.15) is 0 Å². The van der Waals surface area contributed by atoms with Crippen LogP contribution in [0.3, 0.4) is 0 Å². The summed E-state index contributed by atoms with van der Waals surface area (Å²) in [6, 6.07) is 11.3. The van der Waals surface area contributed by atoms with Crippen molar-refractivity contribution in [2.45, 2.75) is 19.9 Å². The average molecular weight is 534 g/mol. The van der Waals surface area contributed by atoms with Gasteiger partial charge in [0.25, 0.3) is 5.56 Å². The maximum Gasteiger partial charge on any atom is 0.338 e. The Morgan fingerprint density at radius 3 is 2.72 bits per heavy atom. The molecule has 0 radical (unpaired) electrons. The molecule has 3 aromatic rings. The highest BCUT2D eigenvalue weighted by molar-refractivity contribution is 9.10. The highest BCUT2D eigenvalue weighted by Crippen LogP contribution is 2.31. The smallest absolute Gasteiger partial charge is 0.338 e. The molecule has 1 aliphatic rings. The largest absolute Gasteiger partial charge is 0.507 e. The van der Waals surface area contributed by atoms with E-state index in [-0.39, 0.29) is 17.9 Å². The molecule has 0 saturated carbocycles. The van der Waals surface area contributed by atoms with Crippen molar-refractivity contribution in [3.8, 4) is 5.75 Å². The number of rotatable bonds is 4. The van der Waals surface area contributed by atoms with Gasteiger partial charge in [0.2, 0.25) is 0 Å². The standard InChI is InChI=1S/C23H18BrClN2O4S/c1-3-31-22(30)19-12(2)26-23-27(20(19)13-4-6-15(24)7-5-13)21(29)18(32-23)11-14-10-16(25)8-9-17(14)28/h4-11,20,28H,3H2,1-2H3/b18-11-. The fraction of sp³-hybridized carbons (Fsp3) is 0.174. The molecule has 1 unspecified atom stereocenters. The molecule has 2 aromatic carbocycles. The van der Waals surface area contributed by atoms with Crippen LogP contribution < -0.4 is 14.9 Å². The van der Waals surface area contributed by atoms with Crippen molar-refractivity contribution >= 4 is 50.9 Å². The van der Waals surface area contributed by atoms with Gasteiger partial charge in [0, 0.05) is 15.1 Å². The van der Waals surface area contributed by atoms with Crippen LogP contribution in [0.5, 0.6) is 5.75 Å². The van der Waals surface area contributed by atoms with E-state index in [0.29, 0.717) is 31.2 Å². The molecule has 1 aromatic heterocycles. The summed E-state index contributed by atoms with van der Waals surface area (Å²) in [5, 5.41) is 10.6. The van der Waals surface area contributed by atoms with Crippen LogP contribution in [0.4, 0.5) is 0 Å². The monoisotopic (exact) mass is 532 g/mol. The number of phenols is 1. The second-order valence-corrected chi connectivity index (χ2v) is 9.42. The van der Waals surface area contributed by atoms with Gasteiger partial charge in [-0.3, -0.25) is 9.36 Å². The van der Waals surface area contributed by atoms with Crippen molar-refractivity contribution in [1.82, 2.24) is 4.57 Å². The maximum atomic E-state index is 13.5. The lowest BCUT2D eigenvalue weighted by molar-refractivity contribution is -0.139. The fourth-order valence-corrected chi connectivity index (χ4v) is 5.02. The number of carbonyl (C=O) groups excluding carboxylic acids is 1. The molecule has 1 N–H and O–H groups in total. The Morgan fingerprint density at radius 1 is 1.31 bits per heavy atom. The lowest BCUT2D eigenvalue weighted by Crippen LogP contribution is -2.39. The van der Waals surface area contributed by atoms with E-state index in [4.69, 9.17) is 16.3 Å². The molecule has 6 nitrogen and oxygen atoms in total. The number of hydrogen-bond donors (Lipinski definition) is 1. The predicted octanol–water partition coefficient (Wildman–Crippen LogP) is 3.92. The summed E-state index contributed by atoms with van der Waals surface area (Å²) in [5.74, 6) is -0.503. The molecule has 0 amide bonds. The normalized spacial score (nSPS) is 16.0. The third-order valence-corrected chi connectivity index (χ3v) is 6.73. The van der Waals surface area contributed by atoms with Crippen molar-refractivity contribution in [1.29, 1.82) is 0 Å². The van der Waals surface area contributed by atoms with Gasteiger partial charge in [0.15, 0.2) is 4.80 Å². The molecule has 4 rings (SSSR count). The summed E-state index contributed by atoms with van der Waals surface area (Å²) < 4.78 is 8.02. The minimum atomic E-state index is -0.687. The number of thiazole rings is 1. The van der Waals surface area contributed by atoms with Gasteiger partial charge in [0.05, 0.1) is 28.5 Å². The summed E-state index contributed by atoms with van der Waals surface area (Å²) in [6.07, 6.45) is 1.58. The number of carbonyl (C=O) groups is 1. The Hall–Kier alpha value is -2.68. The molecule has 0 aliphatic carbocycles. The summed E-state index contributed by atoms with van der Waals surface area (Å²) in [4.78, 5) is 31.3. The van der Waals surface area contributed by atoms with Crippen LogP contribution in [-0.2, 0) is 9.53 Å². The quantitative estimate of drug-likeness (QED) is 0.516. The number of aromatic hydroxyl groups is 1. The van der Waals surface area contributed by atoms with Gasteiger partial charge in [-0.1, -0.05) is 51.0 Å². The number of nitrogens with zero attached hydrogens (tertiary/aromatic N) is 2. The first-order chi connectivity index (χ1) is 15.3. The molecule has 32 heavy (non-hydrogen) atoms. The van der Waals surface area contributed by atoms with Gasteiger partial charge in [-0.25, -0.2) is 9.79 Å². The predicted molar refractivity (Wildman–Crippen MR) is 128 cm³/mol. The van der Waals surface area contributed by atoms with E-state index in [2.05, 4.69) is 20.9 Å². The molecule has 164 valence electrons.